The van der Waals surface area contributed by atoms with E-state index in [9.17, 15) is 4.79 Å². The Kier molecular flexibility index (Phi) is 3.17. The van der Waals surface area contributed by atoms with Crippen LogP contribution in [0, 0.1) is 5.41 Å². The maximum atomic E-state index is 11.2. The van der Waals surface area contributed by atoms with Crippen LogP contribution in [0.1, 0.15) is 40.0 Å². The lowest BCUT2D eigenvalue weighted by Crippen LogP contribution is -2.41. The molecule has 13 heavy (non-hydrogen) atoms. The summed E-state index contributed by atoms with van der Waals surface area (Å²) in [6.45, 7) is 6.64. The molecule has 1 aliphatic carbocycles. The Labute approximate surface area is 79.8 Å². The molecule has 0 radical (unpaired) electrons. The van der Waals surface area contributed by atoms with Gasteiger partial charge in [0.25, 0.3) is 0 Å². The van der Waals surface area contributed by atoms with Gasteiger partial charge < -0.3 is 10.1 Å². The van der Waals surface area contributed by atoms with Crippen LogP contribution in [0.2, 0.25) is 0 Å². The first-order chi connectivity index (χ1) is 6.06. The number of nitrogens with one attached hydrogen (secondary N) is 1. The average Bonchev–Trinajstić information content (AvgIpc) is 2.31. The van der Waals surface area contributed by atoms with Crippen LogP contribution in [0.3, 0.4) is 0 Å². The minimum Gasteiger partial charge on any atom is -0.450 e. The fraction of sp³-hybridized carbons (Fsp3) is 0.900. The maximum absolute atomic E-state index is 11.2. The normalized spacial score (nSPS) is 25.6. The summed E-state index contributed by atoms with van der Waals surface area (Å²) in [6.07, 6.45) is 3.18. The van der Waals surface area contributed by atoms with Crippen molar-refractivity contribution in [3.05, 3.63) is 0 Å². The fourth-order valence-corrected chi connectivity index (χ4v) is 1.91. The van der Waals surface area contributed by atoms with E-state index in [2.05, 4.69) is 19.2 Å². The summed E-state index contributed by atoms with van der Waals surface area (Å²) in [4.78, 5) is 11.2. The summed E-state index contributed by atoms with van der Waals surface area (Å²) in [5.41, 5.74) is 0.229. The molecule has 0 aromatic heterocycles. The largest absolute Gasteiger partial charge is 0.450 e. The van der Waals surface area contributed by atoms with Gasteiger partial charge in [-0.15, -0.1) is 0 Å². The molecule has 0 saturated heterocycles. The topological polar surface area (TPSA) is 38.3 Å². The fourth-order valence-electron chi connectivity index (χ4n) is 1.91. The van der Waals surface area contributed by atoms with Gasteiger partial charge in [0, 0.05) is 6.04 Å². The third-order valence-electron chi connectivity index (χ3n) is 2.82. The molecule has 1 aliphatic rings. The number of ether oxygens (including phenoxy) is 1. The van der Waals surface area contributed by atoms with Crippen LogP contribution in [0.25, 0.3) is 0 Å². The van der Waals surface area contributed by atoms with Gasteiger partial charge >= 0.3 is 6.09 Å². The van der Waals surface area contributed by atoms with Gasteiger partial charge in [0.1, 0.15) is 0 Å². The van der Waals surface area contributed by atoms with Gasteiger partial charge in [-0.25, -0.2) is 4.79 Å². The van der Waals surface area contributed by atoms with E-state index >= 15 is 0 Å². The van der Waals surface area contributed by atoms with Crippen LogP contribution in [-0.2, 0) is 4.74 Å². The summed E-state index contributed by atoms with van der Waals surface area (Å²) >= 11 is 0. The Morgan fingerprint density at radius 1 is 1.62 bits per heavy atom. The van der Waals surface area contributed by atoms with Gasteiger partial charge in [-0.3, -0.25) is 0 Å². The zero-order valence-electron chi connectivity index (χ0n) is 8.72. The number of rotatable bonds is 2. The minimum atomic E-state index is -0.275. The molecule has 0 bridgehead atoms. The second-order valence-corrected chi connectivity index (χ2v) is 4.30. The molecular weight excluding hydrogens is 166 g/mol. The molecule has 3 heteroatoms. The standard InChI is InChI=1S/C10H19NO2/c1-4-13-9(12)11-8-6-5-7-10(8,2)3/h8H,4-7H2,1-3H3,(H,11,12). The Morgan fingerprint density at radius 2 is 2.31 bits per heavy atom. The molecule has 0 aliphatic heterocycles. The van der Waals surface area contributed by atoms with E-state index in [1.54, 1.807) is 0 Å². The summed E-state index contributed by atoms with van der Waals surface area (Å²) in [6, 6.07) is 0.284. The number of carbonyl (C=O) groups is 1. The highest BCUT2D eigenvalue weighted by Gasteiger charge is 2.35. The molecule has 3 nitrogen and oxygen atoms in total. The Morgan fingerprint density at radius 3 is 2.77 bits per heavy atom. The number of hydrogen-bond acceptors (Lipinski definition) is 2. The van der Waals surface area contributed by atoms with Gasteiger partial charge in [0.15, 0.2) is 0 Å². The van der Waals surface area contributed by atoms with Crippen molar-refractivity contribution >= 4 is 6.09 Å². The van der Waals surface area contributed by atoms with E-state index in [1.165, 1.54) is 12.8 Å². The lowest BCUT2D eigenvalue weighted by atomic mass is 9.87. The second-order valence-electron chi connectivity index (χ2n) is 4.30. The highest BCUT2D eigenvalue weighted by molar-refractivity contribution is 5.67. The Balaban J connectivity index is 2.40. The molecule has 1 unspecified atom stereocenters. The van der Waals surface area contributed by atoms with Crippen molar-refractivity contribution in [2.24, 2.45) is 5.41 Å². The summed E-state index contributed by atoms with van der Waals surface area (Å²) in [5.74, 6) is 0. The van der Waals surface area contributed by atoms with Crippen molar-refractivity contribution in [3.8, 4) is 0 Å². The highest BCUT2D eigenvalue weighted by Crippen LogP contribution is 2.37. The minimum absolute atomic E-state index is 0.229. The average molecular weight is 185 g/mol. The van der Waals surface area contributed by atoms with E-state index in [1.807, 2.05) is 6.92 Å². The zero-order valence-corrected chi connectivity index (χ0v) is 8.72. The van der Waals surface area contributed by atoms with E-state index in [0.717, 1.165) is 6.42 Å². The first-order valence-electron chi connectivity index (χ1n) is 4.99. The predicted octanol–water partition coefficient (Wildman–Crippen LogP) is 2.31. The van der Waals surface area contributed by atoms with Crippen molar-refractivity contribution in [3.63, 3.8) is 0 Å². The van der Waals surface area contributed by atoms with Crippen molar-refractivity contribution in [1.29, 1.82) is 0 Å². The number of amides is 1. The summed E-state index contributed by atoms with van der Waals surface area (Å²) in [5, 5.41) is 2.91. The molecule has 76 valence electrons. The van der Waals surface area contributed by atoms with Gasteiger partial charge in [0.05, 0.1) is 6.61 Å². The molecule has 1 saturated carbocycles. The Hall–Kier alpha value is -0.730. The molecule has 0 spiro atoms. The van der Waals surface area contributed by atoms with Crippen LogP contribution < -0.4 is 5.32 Å². The quantitative estimate of drug-likeness (QED) is 0.717. The smallest absolute Gasteiger partial charge is 0.407 e. The third kappa shape index (κ3) is 2.61. The maximum Gasteiger partial charge on any atom is 0.407 e. The van der Waals surface area contributed by atoms with E-state index in [-0.39, 0.29) is 17.6 Å². The molecule has 0 heterocycles. The van der Waals surface area contributed by atoms with E-state index in [4.69, 9.17) is 4.74 Å². The van der Waals surface area contributed by atoms with Gasteiger partial charge in [-0.1, -0.05) is 20.3 Å². The third-order valence-corrected chi connectivity index (χ3v) is 2.82. The second kappa shape index (κ2) is 3.99. The molecule has 1 N–H and O–H groups in total. The summed E-state index contributed by atoms with van der Waals surface area (Å²) in [7, 11) is 0. The van der Waals surface area contributed by atoms with Crippen molar-refractivity contribution in [2.45, 2.75) is 46.1 Å². The zero-order chi connectivity index (χ0) is 9.90. The molecular formula is C10H19NO2. The van der Waals surface area contributed by atoms with Crippen LogP contribution in [0.15, 0.2) is 0 Å². The van der Waals surface area contributed by atoms with Gasteiger partial charge in [0.2, 0.25) is 0 Å². The van der Waals surface area contributed by atoms with Crippen LogP contribution in [0.4, 0.5) is 4.79 Å². The molecule has 1 amide bonds. The number of carbonyl (C=O) groups excluding carboxylic acids is 1. The van der Waals surface area contributed by atoms with Gasteiger partial charge in [-0.2, -0.15) is 0 Å². The molecule has 1 atom stereocenters. The lowest BCUT2D eigenvalue weighted by molar-refractivity contribution is 0.139. The summed E-state index contributed by atoms with van der Waals surface area (Å²) < 4.78 is 4.85. The van der Waals surface area contributed by atoms with Crippen molar-refractivity contribution < 1.29 is 9.53 Å². The van der Waals surface area contributed by atoms with Gasteiger partial charge in [-0.05, 0) is 25.2 Å². The molecule has 1 fully saturated rings. The first kappa shape index (κ1) is 10.4. The van der Waals surface area contributed by atoms with Crippen LogP contribution >= 0.6 is 0 Å². The van der Waals surface area contributed by atoms with Crippen molar-refractivity contribution in [2.75, 3.05) is 6.61 Å². The molecule has 0 aromatic rings. The monoisotopic (exact) mass is 185 g/mol. The van der Waals surface area contributed by atoms with E-state index in [0.29, 0.717) is 6.61 Å². The van der Waals surface area contributed by atoms with E-state index < -0.39 is 0 Å². The lowest BCUT2D eigenvalue weighted by Gasteiger charge is -2.27. The van der Waals surface area contributed by atoms with Crippen LogP contribution in [0.5, 0.6) is 0 Å². The Bertz CT molecular complexity index is 189. The molecule has 0 aromatic carbocycles. The van der Waals surface area contributed by atoms with Crippen molar-refractivity contribution in [1.82, 2.24) is 5.32 Å². The van der Waals surface area contributed by atoms with Crippen LogP contribution in [-0.4, -0.2) is 18.7 Å². The SMILES string of the molecule is CCOC(=O)NC1CCCC1(C)C. The first-order valence-corrected chi connectivity index (χ1v) is 4.99. The number of hydrogen-bond donors (Lipinski definition) is 1. The highest BCUT2D eigenvalue weighted by atomic mass is 16.5. The molecule has 1 rings (SSSR count). The predicted molar refractivity (Wildman–Crippen MR) is 51.6 cm³/mol. The number of alkyl carbamates (subject to hydrolysis) is 1.